The molecule has 2 aromatic carbocycles. The first-order valence-electron chi connectivity index (χ1n) is 11.8. The van der Waals surface area contributed by atoms with E-state index >= 15 is 0 Å². The summed E-state index contributed by atoms with van der Waals surface area (Å²) in [6.45, 7) is 0.946. The van der Waals surface area contributed by atoms with Gasteiger partial charge < -0.3 is 15.2 Å². The van der Waals surface area contributed by atoms with Gasteiger partial charge in [0.15, 0.2) is 5.78 Å². The topological polar surface area (TPSA) is 154 Å². The lowest BCUT2D eigenvalue weighted by Crippen LogP contribution is -2.70. The second-order valence-corrected chi connectivity index (χ2v) is 10.8. The summed E-state index contributed by atoms with van der Waals surface area (Å²) in [5.74, 6) is -3.34. The van der Waals surface area contributed by atoms with E-state index in [-0.39, 0.29) is 30.1 Å². The lowest BCUT2D eigenvalue weighted by molar-refractivity contribution is -0.151. The summed E-state index contributed by atoms with van der Waals surface area (Å²) in [6.07, 6.45) is -0.335. The third-order valence-corrected chi connectivity index (χ3v) is 8.26. The molecule has 200 valence electrons. The van der Waals surface area contributed by atoms with Crippen molar-refractivity contribution >= 4 is 53.1 Å². The van der Waals surface area contributed by atoms with Gasteiger partial charge in [0.2, 0.25) is 5.91 Å². The molecule has 2 aliphatic heterocycles. The molecular formula is C27H23N3O7S2. The Bertz CT molecular complexity index is 1390. The number of nitriles is 1. The molecule has 10 nitrogen and oxygen atoms in total. The summed E-state index contributed by atoms with van der Waals surface area (Å²) < 4.78 is 4.91. The molecule has 1 fully saturated rings. The molecule has 4 rings (SSSR count). The minimum atomic E-state index is -1.34. The second kappa shape index (κ2) is 12.2. The zero-order valence-electron chi connectivity index (χ0n) is 20.7. The van der Waals surface area contributed by atoms with Crippen molar-refractivity contribution in [2.75, 3.05) is 12.4 Å². The highest BCUT2D eigenvalue weighted by Gasteiger charge is 2.54. The van der Waals surface area contributed by atoms with Crippen LogP contribution < -0.4 is 5.32 Å². The largest absolute Gasteiger partial charge is 0.477 e. The van der Waals surface area contributed by atoms with Gasteiger partial charge in [0, 0.05) is 30.2 Å². The Labute approximate surface area is 232 Å². The molecule has 2 aromatic rings. The number of hydrogen-bond acceptors (Lipinski definition) is 9. The van der Waals surface area contributed by atoms with E-state index in [9.17, 15) is 34.3 Å². The van der Waals surface area contributed by atoms with Gasteiger partial charge in [-0.1, -0.05) is 54.6 Å². The highest BCUT2D eigenvalue weighted by atomic mass is 32.2. The fourth-order valence-corrected chi connectivity index (χ4v) is 6.21. The molecule has 39 heavy (non-hydrogen) atoms. The van der Waals surface area contributed by atoms with Crippen LogP contribution in [-0.4, -0.2) is 68.6 Å². The van der Waals surface area contributed by atoms with Crippen LogP contribution in [0.3, 0.4) is 0 Å². The van der Waals surface area contributed by atoms with Crippen LogP contribution in [0, 0.1) is 10.7 Å². The van der Waals surface area contributed by atoms with Crippen LogP contribution in [0.5, 0.6) is 0 Å². The molecule has 0 bridgehead atoms. The standard InChI is InChI=1S/C27H23N3O7S2/c1-15(31)37-12-19-13-38-26-22(25(34)30(26)23(19)27(35)36)29-21(32)11-20(39-14-28)24(33)18-9-7-17(8-10-18)16-5-3-2-4-6-16/h2-10,20,22,26H,11-13H2,1H3,(H,29,32)(H,35,36)/t20?,22-,26-/m1/s1. The molecule has 0 aliphatic carbocycles. The Morgan fingerprint density at radius 3 is 2.44 bits per heavy atom. The average molecular weight is 566 g/mol. The van der Waals surface area contributed by atoms with Crippen LogP contribution in [0.2, 0.25) is 0 Å². The molecule has 0 radical (unpaired) electrons. The van der Waals surface area contributed by atoms with Crippen LogP contribution in [0.4, 0.5) is 0 Å². The first-order valence-corrected chi connectivity index (χ1v) is 13.7. The summed E-state index contributed by atoms with van der Waals surface area (Å²) in [5, 5.41) is 21.7. The number of rotatable bonds is 10. The number of ether oxygens (including phenoxy) is 1. The van der Waals surface area contributed by atoms with Crippen LogP contribution in [-0.2, 0) is 23.9 Å². The van der Waals surface area contributed by atoms with Crippen molar-refractivity contribution < 1.29 is 33.8 Å². The van der Waals surface area contributed by atoms with Crippen molar-refractivity contribution in [3.8, 4) is 16.5 Å². The number of thioether (sulfide) groups is 2. The van der Waals surface area contributed by atoms with E-state index in [0.29, 0.717) is 17.3 Å². The van der Waals surface area contributed by atoms with Crippen molar-refractivity contribution in [3.63, 3.8) is 0 Å². The zero-order chi connectivity index (χ0) is 28.1. The highest BCUT2D eigenvalue weighted by molar-refractivity contribution is 8.05. The van der Waals surface area contributed by atoms with E-state index in [4.69, 9.17) is 4.74 Å². The third kappa shape index (κ3) is 6.16. The number of ketones is 1. The quantitative estimate of drug-likeness (QED) is 0.190. The molecule has 0 aromatic heterocycles. The van der Waals surface area contributed by atoms with E-state index in [2.05, 4.69) is 5.32 Å². The number of amides is 2. The minimum absolute atomic E-state index is 0.195. The van der Waals surface area contributed by atoms with Crippen molar-refractivity contribution in [2.45, 2.75) is 30.0 Å². The van der Waals surface area contributed by atoms with Crippen LogP contribution in [0.25, 0.3) is 11.1 Å². The highest BCUT2D eigenvalue weighted by Crippen LogP contribution is 2.40. The van der Waals surface area contributed by atoms with E-state index in [1.165, 1.54) is 18.7 Å². The Hall–Kier alpha value is -4.08. The van der Waals surface area contributed by atoms with Gasteiger partial charge in [-0.25, -0.2) is 4.79 Å². The van der Waals surface area contributed by atoms with Crippen LogP contribution in [0.15, 0.2) is 65.9 Å². The number of hydrogen-bond donors (Lipinski definition) is 2. The molecule has 0 spiro atoms. The Balaban J connectivity index is 1.41. The lowest BCUT2D eigenvalue weighted by Gasteiger charge is -2.49. The van der Waals surface area contributed by atoms with Crippen molar-refractivity contribution in [3.05, 3.63) is 71.4 Å². The number of carboxylic acids is 1. The number of carbonyl (C=O) groups excluding carboxylic acids is 4. The maximum Gasteiger partial charge on any atom is 0.352 e. The molecular weight excluding hydrogens is 542 g/mol. The number of Topliss-reactive ketones (excluding diaryl/α,β-unsaturated/α-hetero) is 1. The summed E-state index contributed by atoms with van der Waals surface area (Å²) in [6, 6.07) is 15.5. The first kappa shape index (κ1) is 27.9. The molecule has 2 heterocycles. The van der Waals surface area contributed by atoms with Gasteiger partial charge in [-0.15, -0.1) is 11.8 Å². The molecule has 2 aliphatic rings. The number of fused-ring (bicyclic) bond motifs is 1. The second-order valence-electron chi connectivity index (χ2n) is 8.70. The SMILES string of the molecule is CC(=O)OCC1=C(C(=O)O)N2C(=O)[C@@H](NC(=O)CC(SC#N)C(=O)c3ccc(-c4ccccc4)cc3)[C@H]2SC1. The maximum atomic E-state index is 13.1. The van der Waals surface area contributed by atoms with Gasteiger partial charge in [0.05, 0.1) is 5.25 Å². The lowest BCUT2D eigenvalue weighted by atomic mass is 10.00. The zero-order valence-corrected chi connectivity index (χ0v) is 22.3. The van der Waals surface area contributed by atoms with Gasteiger partial charge in [-0.05, 0) is 22.9 Å². The predicted molar refractivity (Wildman–Crippen MR) is 144 cm³/mol. The Kier molecular flexibility index (Phi) is 8.73. The van der Waals surface area contributed by atoms with Crippen molar-refractivity contribution in [1.29, 1.82) is 5.26 Å². The maximum absolute atomic E-state index is 13.1. The fourth-order valence-electron chi connectivity index (χ4n) is 4.28. The molecule has 2 amide bonds. The number of nitrogens with one attached hydrogen (secondary N) is 1. The van der Waals surface area contributed by atoms with Gasteiger partial charge in [-0.3, -0.25) is 24.1 Å². The fraction of sp³-hybridized carbons (Fsp3) is 0.259. The number of esters is 1. The Morgan fingerprint density at radius 2 is 1.82 bits per heavy atom. The first-order chi connectivity index (χ1) is 18.7. The normalized spacial score (nSPS) is 18.8. The number of carboxylic acid groups (broad SMARTS) is 1. The summed E-state index contributed by atoms with van der Waals surface area (Å²) in [4.78, 5) is 62.8. The van der Waals surface area contributed by atoms with Crippen molar-refractivity contribution in [2.24, 2.45) is 0 Å². The molecule has 1 saturated heterocycles. The monoisotopic (exact) mass is 565 g/mol. The number of benzene rings is 2. The molecule has 0 saturated carbocycles. The Morgan fingerprint density at radius 1 is 1.15 bits per heavy atom. The number of aliphatic carboxylic acids is 1. The van der Waals surface area contributed by atoms with Gasteiger partial charge in [0.1, 0.15) is 29.1 Å². The molecule has 3 atom stereocenters. The molecule has 1 unspecified atom stereocenters. The van der Waals surface area contributed by atoms with Crippen molar-refractivity contribution in [1.82, 2.24) is 10.2 Å². The average Bonchev–Trinajstić information content (AvgIpc) is 2.94. The number of β-lactam (4-membered cyclic amide) rings is 1. The van der Waals surface area contributed by atoms with E-state index < -0.39 is 46.2 Å². The van der Waals surface area contributed by atoms with Gasteiger partial charge >= 0.3 is 11.9 Å². The summed E-state index contributed by atoms with van der Waals surface area (Å²) in [5.41, 5.74) is 2.27. The molecule has 12 heteroatoms. The smallest absolute Gasteiger partial charge is 0.352 e. The number of nitrogens with zero attached hydrogens (tertiary/aromatic N) is 2. The number of thiocyanates is 1. The van der Waals surface area contributed by atoms with E-state index in [1.54, 1.807) is 24.3 Å². The third-order valence-electron chi connectivity index (χ3n) is 6.15. The van der Waals surface area contributed by atoms with E-state index in [1.807, 2.05) is 35.7 Å². The summed E-state index contributed by atoms with van der Waals surface area (Å²) in [7, 11) is 0. The van der Waals surface area contributed by atoms with Crippen LogP contribution in [0.1, 0.15) is 23.7 Å². The van der Waals surface area contributed by atoms with Gasteiger partial charge in [0.25, 0.3) is 5.91 Å². The number of carbonyl (C=O) groups is 5. The van der Waals surface area contributed by atoms with E-state index in [0.717, 1.165) is 16.0 Å². The predicted octanol–water partition coefficient (Wildman–Crippen LogP) is 2.81. The minimum Gasteiger partial charge on any atom is -0.477 e. The molecule has 2 N–H and O–H groups in total. The van der Waals surface area contributed by atoms with Gasteiger partial charge in [-0.2, -0.15) is 5.26 Å². The summed E-state index contributed by atoms with van der Waals surface area (Å²) >= 11 is 1.90. The van der Waals surface area contributed by atoms with Crippen LogP contribution >= 0.6 is 23.5 Å².